The lowest BCUT2D eigenvalue weighted by Gasteiger charge is -2.31. The number of ether oxygens (including phenoxy) is 1. The number of unbranched alkanes of at least 4 members (excludes halogenated alkanes) is 1. The molecule has 12 amide bonds. The molecule has 0 bridgehead atoms. The first-order chi connectivity index (χ1) is 54.6. The normalized spacial score (nSPS) is 16.0. The van der Waals surface area contributed by atoms with Gasteiger partial charge in [0, 0.05) is 109 Å². The van der Waals surface area contributed by atoms with Crippen LogP contribution in [0.15, 0.2) is 110 Å². The van der Waals surface area contributed by atoms with E-state index in [1.54, 1.807) is 62.5 Å². The maximum Gasteiger partial charge on any atom is 0.311 e. The molecular formula is C78H96N18O18. The molecule has 0 saturated carbocycles. The average molecular weight is 1570 g/mol. The summed E-state index contributed by atoms with van der Waals surface area (Å²) in [5.74, 6) is -11.7. The molecule has 36 heteroatoms. The molecule has 0 spiro atoms. The average Bonchev–Trinajstić information content (AvgIpc) is 0.929. The number of aliphatic hydroxyl groups excluding tert-OH is 1. The molecule has 2 aliphatic heterocycles. The number of aromatic amines is 2. The number of nitrogens with two attached hydrogens (primary N) is 2. The molecular weight excluding hydrogens is 1480 g/mol. The van der Waals surface area contributed by atoms with Crippen molar-refractivity contribution in [2.45, 2.75) is 171 Å². The Hall–Kier alpha value is -12.9. The third kappa shape index (κ3) is 24.1. The Bertz CT molecular complexity index is 4550. The van der Waals surface area contributed by atoms with Crippen molar-refractivity contribution in [3.8, 4) is 11.5 Å². The first-order valence-corrected chi connectivity index (χ1v) is 37.7. The van der Waals surface area contributed by atoms with Gasteiger partial charge in [-0.15, -0.1) is 0 Å². The highest BCUT2D eigenvalue weighted by molar-refractivity contribution is 6.28. The molecule has 1 aliphatic carbocycles. The number of aliphatic hydroxyl groups is 1. The number of nitrogens with one attached hydrogen (secondary N) is 14. The number of H-pyrrole nitrogens is 2. The predicted molar refractivity (Wildman–Crippen MR) is 410 cm³/mol. The van der Waals surface area contributed by atoms with Gasteiger partial charge < -0.3 is 99.8 Å². The summed E-state index contributed by atoms with van der Waals surface area (Å²) < 4.78 is 5.49. The van der Waals surface area contributed by atoms with E-state index >= 15 is 9.59 Å². The summed E-state index contributed by atoms with van der Waals surface area (Å²) in [5.41, 5.74) is 13.5. The van der Waals surface area contributed by atoms with E-state index in [0.29, 0.717) is 34.1 Å². The number of likely N-dealkylation sites (tertiary alicyclic amines) is 1. The Kier molecular flexibility index (Phi) is 30.5. The van der Waals surface area contributed by atoms with Gasteiger partial charge in [-0.2, -0.15) is 0 Å². The summed E-state index contributed by atoms with van der Waals surface area (Å²) in [6, 6.07) is 10.3. The number of esters is 1. The summed E-state index contributed by atoms with van der Waals surface area (Å²) in [5, 5.41) is 58.7. The van der Waals surface area contributed by atoms with E-state index in [4.69, 9.17) is 21.6 Å². The molecule has 9 rings (SSSR count). The van der Waals surface area contributed by atoms with Crippen LogP contribution in [0.1, 0.15) is 146 Å². The van der Waals surface area contributed by atoms with Crippen molar-refractivity contribution >= 4 is 105 Å². The Balaban J connectivity index is 0.922. The van der Waals surface area contributed by atoms with Gasteiger partial charge in [0.2, 0.25) is 70.9 Å². The van der Waals surface area contributed by atoms with Crippen LogP contribution in [0.25, 0.3) is 10.9 Å². The SMILES string of the molecule is CC(C)C[C@H](NC(=O)[C@@H](CCCCNC(=O)CCCC(=O)Oc1ccc2c(c1)C(=O)c1ccccc1C2=O)NC(=O)[C@H](Cc1ccc(O)cc1)NC(=O)[C@H](CO)NC(=O)[C@H](Cc1c[nH]c2ccccc12)NC(=O)[C@H](Cc1cnc[nH]1)NC(=O)[C@@H]1CCC(=O)N1)C(=O)N[C@@H](CCCNC(=N)N)C(=O)N1CCC[C@H]1C(=O)NCC(N)=O. The van der Waals surface area contributed by atoms with Crippen molar-refractivity contribution in [1.82, 2.24) is 78.3 Å². The number of nitrogens with zero attached hydrogens (tertiary/aromatic N) is 2. The molecule has 36 nitrogen and oxygen atoms in total. The van der Waals surface area contributed by atoms with Gasteiger partial charge in [0.15, 0.2) is 17.5 Å². The number of primary amides is 1. The molecule has 20 N–H and O–H groups in total. The van der Waals surface area contributed by atoms with Gasteiger partial charge in [-0.1, -0.05) is 68.4 Å². The number of carbonyl (C=O) groups is 15. The van der Waals surface area contributed by atoms with E-state index in [1.807, 2.05) is 0 Å². The van der Waals surface area contributed by atoms with E-state index in [0.717, 1.165) is 0 Å². The molecule has 2 fully saturated rings. The second-order valence-electron chi connectivity index (χ2n) is 28.6. The Labute approximate surface area is 654 Å². The van der Waals surface area contributed by atoms with Crippen LogP contribution in [0.5, 0.6) is 11.5 Å². The minimum atomic E-state index is -1.86. The van der Waals surface area contributed by atoms with E-state index in [1.165, 1.54) is 66.0 Å². The van der Waals surface area contributed by atoms with E-state index in [2.05, 4.69) is 73.4 Å². The van der Waals surface area contributed by atoms with Gasteiger partial charge in [-0.05, 0) is 118 Å². The highest BCUT2D eigenvalue weighted by Crippen LogP contribution is 2.31. The number of hydrogen-bond acceptors (Lipinski definition) is 20. The Morgan fingerprint density at radius 1 is 0.614 bits per heavy atom. The number of imidazole rings is 1. The molecule has 0 radical (unpaired) electrons. The second kappa shape index (κ2) is 40.9. The number of aromatic nitrogens is 3. The van der Waals surface area contributed by atoms with Gasteiger partial charge in [0.25, 0.3) is 0 Å². The second-order valence-corrected chi connectivity index (χ2v) is 28.6. The molecule has 0 unspecified atom stereocenters. The molecule has 4 aromatic carbocycles. The van der Waals surface area contributed by atoms with Crippen LogP contribution in [0.2, 0.25) is 0 Å². The zero-order valence-electron chi connectivity index (χ0n) is 63.0. The van der Waals surface area contributed by atoms with E-state index in [9.17, 15) is 72.5 Å². The number of ketones is 2. The summed E-state index contributed by atoms with van der Waals surface area (Å²) in [6.07, 6.45) is 4.30. The monoisotopic (exact) mass is 1570 g/mol. The number of phenols is 1. The van der Waals surface area contributed by atoms with Crippen LogP contribution in [0.3, 0.4) is 0 Å². The number of benzene rings is 4. The minimum absolute atomic E-state index is 0.0146. The Morgan fingerprint density at radius 2 is 1.22 bits per heavy atom. The first kappa shape index (κ1) is 85.1. The third-order valence-electron chi connectivity index (χ3n) is 19.5. The number of rotatable bonds is 41. The van der Waals surface area contributed by atoms with Crippen LogP contribution >= 0.6 is 0 Å². The van der Waals surface area contributed by atoms with Crippen LogP contribution in [-0.4, -0.2) is 212 Å². The van der Waals surface area contributed by atoms with Gasteiger partial charge >= 0.3 is 5.97 Å². The quantitative estimate of drug-likeness (QED) is 0.00721. The van der Waals surface area contributed by atoms with Crippen molar-refractivity contribution in [1.29, 1.82) is 5.41 Å². The van der Waals surface area contributed by atoms with Gasteiger partial charge in [0.1, 0.15) is 65.9 Å². The van der Waals surface area contributed by atoms with E-state index in [-0.39, 0.29) is 173 Å². The molecule has 9 atom stereocenters. The van der Waals surface area contributed by atoms with Crippen molar-refractivity contribution in [3.63, 3.8) is 0 Å². The van der Waals surface area contributed by atoms with Gasteiger partial charge in [-0.3, -0.25) is 77.3 Å². The highest BCUT2D eigenvalue weighted by atomic mass is 16.5. The maximum atomic E-state index is 15.2. The first-order valence-electron chi connectivity index (χ1n) is 37.7. The number of fused-ring (bicyclic) bond motifs is 3. The lowest BCUT2D eigenvalue weighted by Crippen LogP contribution is -2.61. The van der Waals surface area contributed by atoms with Crippen LogP contribution in [-0.2, 0) is 81.6 Å². The fraction of sp³-hybridized carbons (Fsp3) is 0.423. The summed E-state index contributed by atoms with van der Waals surface area (Å²) in [7, 11) is 0. The smallest absolute Gasteiger partial charge is 0.311 e. The summed E-state index contributed by atoms with van der Waals surface area (Å²) in [6.45, 7) is 2.13. The highest BCUT2D eigenvalue weighted by Gasteiger charge is 2.41. The molecule has 4 heterocycles. The molecule has 2 aromatic heterocycles. The minimum Gasteiger partial charge on any atom is -0.508 e. The topological polar surface area (TPSA) is 562 Å². The van der Waals surface area contributed by atoms with Crippen molar-refractivity contribution < 1.29 is 86.9 Å². The number of hydrogen-bond donors (Lipinski definition) is 18. The van der Waals surface area contributed by atoms with Crippen LogP contribution < -0.4 is 74.7 Å². The lowest BCUT2D eigenvalue weighted by atomic mass is 9.84. The zero-order valence-corrected chi connectivity index (χ0v) is 63.0. The standard InChI is InChI=1S/C78H96N18O18/c1-42(2)32-57(71(107)90-56(17-10-30-84-78(80)81)77(113)96-31-11-18-62(96)76(112)86-39-63(79)99)91-69(105)54(16-7-8-29-83-64(100)19-9-20-66(102)114-47-25-26-51-52(36-47)68(104)50-14-4-3-13-49(50)67(51)103)89-72(108)58(33-43-21-23-46(98)24-22-43)92-75(111)61(40-97)95-73(109)59(34-44-37-85-53-15-6-5-12-48(44)53)93-74(110)60(35-45-38-82-41-87-45)94-70(106)55-27-28-65(101)88-55/h3-6,12-15,21-26,36-38,41-42,54-62,85,97-98H,7-11,16-20,27-35,39-40H2,1-2H3,(H2,79,99)(H,82,87)(H,83,100)(H,86,112)(H,88,101)(H,89,108)(H,90,107)(H,91,105)(H,92,111)(H,93,110)(H,94,106)(H,95,109)(H4,80,81,84)/t54-,55+,56+,57+,58+,59+,60+,61+,62+/m1/s1. The van der Waals surface area contributed by atoms with Gasteiger partial charge in [0.05, 0.1) is 19.5 Å². The molecule has 2 saturated heterocycles. The summed E-state index contributed by atoms with van der Waals surface area (Å²) >= 11 is 0. The number of carbonyl (C=O) groups excluding carboxylic acids is 15. The zero-order chi connectivity index (χ0) is 82.1. The van der Waals surface area contributed by atoms with E-state index < -0.39 is 144 Å². The van der Waals surface area contributed by atoms with Crippen molar-refractivity contribution in [2.75, 3.05) is 32.8 Å². The number of phenolic OH excluding ortho intramolecular Hbond substituents is 1. The fourth-order valence-corrected chi connectivity index (χ4v) is 13.6. The number of guanidine groups is 1. The van der Waals surface area contributed by atoms with Crippen LogP contribution in [0.4, 0.5) is 0 Å². The predicted octanol–water partition coefficient (Wildman–Crippen LogP) is -0.971. The van der Waals surface area contributed by atoms with Crippen molar-refractivity contribution in [2.24, 2.45) is 17.4 Å². The number of para-hydroxylation sites is 1. The van der Waals surface area contributed by atoms with Crippen molar-refractivity contribution in [3.05, 3.63) is 149 Å². The lowest BCUT2D eigenvalue weighted by molar-refractivity contribution is -0.142. The Morgan fingerprint density at radius 3 is 1.89 bits per heavy atom. The molecule has 6 aromatic rings. The largest absolute Gasteiger partial charge is 0.508 e. The van der Waals surface area contributed by atoms with Gasteiger partial charge in [-0.25, -0.2) is 4.98 Å². The third-order valence-corrected chi connectivity index (χ3v) is 19.5. The number of aromatic hydroxyl groups is 1. The molecule has 606 valence electrons. The number of amides is 12. The fourth-order valence-electron chi connectivity index (χ4n) is 13.6. The molecule has 3 aliphatic rings. The van der Waals surface area contributed by atoms with Crippen LogP contribution in [0, 0.1) is 11.3 Å². The maximum absolute atomic E-state index is 15.2. The summed E-state index contributed by atoms with van der Waals surface area (Å²) in [4.78, 5) is 218. The molecule has 114 heavy (non-hydrogen) atoms.